The van der Waals surface area contributed by atoms with Gasteiger partial charge in [-0.25, -0.2) is 4.39 Å². The highest BCUT2D eigenvalue weighted by atomic mass is 19.1. The van der Waals surface area contributed by atoms with Crippen molar-refractivity contribution in [2.45, 2.75) is 38.8 Å². The predicted molar refractivity (Wildman–Crippen MR) is 76.8 cm³/mol. The van der Waals surface area contributed by atoms with E-state index in [1.807, 2.05) is 13.1 Å². The van der Waals surface area contributed by atoms with Crippen molar-refractivity contribution < 1.29 is 9.13 Å². The molecular formula is C15H25FN2O. The molecule has 0 radical (unpaired) electrons. The zero-order chi connectivity index (χ0) is 14.5. The first-order valence-corrected chi connectivity index (χ1v) is 6.77. The molecule has 0 atom stereocenters. The Morgan fingerprint density at radius 3 is 2.42 bits per heavy atom. The summed E-state index contributed by atoms with van der Waals surface area (Å²) in [5.74, 6) is 0.00669. The van der Waals surface area contributed by atoms with Crippen LogP contribution in [0.1, 0.15) is 32.3 Å². The molecule has 1 aromatic rings. The van der Waals surface area contributed by atoms with Gasteiger partial charge in [-0.05, 0) is 26.0 Å². The molecule has 0 heterocycles. The fourth-order valence-corrected chi connectivity index (χ4v) is 2.49. The number of rotatable bonds is 7. The molecule has 0 aliphatic heterocycles. The summed E-state index contributed by atoms with van der Waals surface area (Å²) in [5.41, 5.74) is 6.48. The maximum absolute atomic E-state index is 14.2. The number of halogens is 1. The summed E-state index contributed by atoms with van der Waals surface area (Å²) in [6, 6.07) is 5.24. The summed E-state index contributed by atoms with van der Waals surface area (Å²) in [7, 11) is 3.48. The van der Waals surface area contributed by atoms with Crippen LogP contribution in [0, 0.1) is 5.82 Å². The van der Waals surface area contributed by atoms with E-state index in [1.54, 1.807) is 12.1 Å². The van der Waals surface area contributed by atoms with Crippen LogP contribution in [0.4, 0.5) is 4.39 Å². The highest BCUT2D eigenvalue weighted by molar-refractivity contribution is 5.31. The van der Waals surface area contributed by atoms with Crippen LogP contribution >= 0.6 is 0 Å². The van der Waals surface area contributed by atoms with Crippen LogP contribution in [0.25, 0.3) is 0 Å². The van der Waals surface area contributed by atoms with Crippen LogP contribution in [0.3, 0.4) is 0 Å². The molecule has 0 unspecified atom stereocenters. The third-order valence-electron chi connectivity index (χ3n) is 4.18. The monoisotopic (exact) mass is 268 g/mol. The van der Waals surface area contributed by atoms with E-state index in [9.17, 15) is 4.39 Å². The zero-order valence-corrected chi connectivity index (χ0v) is 12.4. The smallest absolute Gasteiger partial charge is 0.169 e. The van der Waals surface area contributed by atoms with E-state index in [0.717, 1.165) is 12.8 Å². The molecule has 0 aliphatic carbocycles. The Morgan fingerprint density at radius 2 is 1.95 bits per heavy atom. The third-order valence-corrected chi connectivity index (χ3v) is 4.18. The highest BCUT2D eigenvalue weighted by Crippen LogP contribution is 2.26. The summed E-state index contributed by atoms with van der Waals surface area (Å²) < 4.78 is 19.2. The van der Waals surface area contributed by atoms with E-state index in [1.165, 1.54) is 7.11 Å². The summed E-state index contributed by atoms with van der Waals surface area (Å²) >= 11 is 0. The van der Waals surface area contributed by atoms with Crippen LogP contribution in [0.5, 0.6) is 5.75 Å². The van der Waals surface area contributed by atoms with Gasteiger partial charge in [0.25, 0.3) is 0 Å². The lowest BCUT2D eigenvalue weighted by Crippen LogP contribution is -2.50. The fourth-order valence-electron chi connectivity index (χ4n) is 2.49. The molecule has 0 fully saturated rings. The predicted octanol–water partition coefficient (Wildman–Crippen LogP) is 2.78. The Balaban J connectivity index is 2.96. The standard InChI is InChI=1S/C15H25FN2O/c1-5-15(6-2,11-17)18(3)10-12-8-7-9-13(19-4)14(12)16/h7-9H,5-6,10-11,17H2,1-4H3. The number of nitrogens with zero attached hydrogens (tertiary/aromatic N) is 1. The van der Waals surface area contributed by atoms with Crippen LogP contribution < -0.4 is 10.5 Å². The maximum atomic E-state index is 14.2. The van der Waals surface area contributed by atoms with Gasteiger partial charge in [-0.15, -0.1) is 0 Å². The molecule has 0 amide bonds. The number of ether oxygens (including phenoxy) is 1. The average molecular weight is 268 g/mol. The first-order valence-electron chi connectivity index (χ1n) is 6.77. The van der Waals surface area contributed by atoms with E-state index in [2.05, 4.69) is 18.7 Å². The molecule has 19 heavy (non-hydrogen) atoms. The van der Waals surface area contributed by atoms with Gasteiger partial charge >= 0.3 is 0 Å². The summed E-state index contributed by atoms with van der Waals surface area (Å²) in [5, 5.41) is 0. The van der Waals surface area contributed by atoms with E-state index >= 15 is 0 Å². The van der Waals surface area contributed by atoms with Crippen molar-refractivity contribution in [1.82, 2.24) is 4.90 Å². The minimum absolute atomic E-state index is 0.0739. The molecule has 0 aromatic heterocycles. The van der Waals surface area contributed by atoms with Crippen LogP contribution in [0.15, 0.2) is 18.2 Å². The topological polar surface area (TPSA) is 38.5 Å². The van der Waals surface area contributed by atoms with Crippen molar-refractivity contribution in [3.05, 3.63) is 29.6 Å². The lowest BCUT2D eigenvalue weighted by molar-refractivity contribution is 0.106. The lowest BCUT2D eigenvalue weighted by Gasteiger charge is -2.40. The molecule has 0 saturated heterocycles. The summed E-state index contributed by atoms with van der Waals surface area (Å²) in [4.78, 5) is 2.14. The number of hydrogen-bond acceptors (Lipinski definition) is 3. The van der Waals surface area contributed by atoms with Gasteiger partial charge in [0.2, 0.25) is 0 Å². The van der Waals surface area contributed by atoms with Crippen molar-refractivity contribution in [3.8, 4) is 5.75 Å². The average Bonchev–Trinajstić information content (AvgIpc) is 2.44. The van der Waals surface area contributed by atoms with Gasteiger partial charge in [0.05, 0.1) is 7.11 Å². The second-order valence-corrected chi connectivity index (χ2v) is 4.93. The first-order chi connectivity index (χ1) is 9.04. The van der Waals surface area contributed by atoms with Gasteiger partial charge in [0.1, 0.15) is 0 Å². The minimum atomic E-state index is -0.282. The van der Waals surface area contributed by atoms with Crippen molar-refractivity contribution >= 4 is 0 Å². The molecule has 0 saturated carbocycles. The summed E-state index contributed by atoms with van der Waals surface area (Å²) in [6.45, 7) is 5.34. The Labute approximate surface area is 115 Å². The second-order valence-electron chi connectivity index (χ2n) is 4.93. The number of hydrogen-bond donors (Lipinski definition) is 1. The molecule has 3 nitrogen and oxygen atoms in total. The molecule has 1 aromatic carbocycles. The van der Waals surface area contributed by atoms with Crippen LogP contribution in [-0.2, 0) is 6.54 Å². The summed E-state index contributed by atoms with van der Waals surface area (Å²) in [6.07, 6.45) is 1.89. The van der Waals surface area contributed by atoms with Gasteiger partial charge in [0, 0.05) is 24.2 Å². The number of benzene rings is 1. The van der Waals surface area contributed by atoms with Gasteiger partial charge in [-0.3, -0.25) is 4.90 Å². The Kier molecular flexibility index (Phi) is 5.76. The second kappa shape index (κ2) is 6.87. The van der Waals surface area contributed by atoms with Crippen LogP contribution in [0.2, 0.25) is 0 Å². The first kappa shape index (κ1) is 15.9. The van der Waals surface area contributed by atoms with Gasteiger partial charge < -0.3 is 10.5 Å². The number of methoxy groups -OCH3 is 1. The van der Waals surface area contributed by atoms with E-state index in [-0.39, 0.29) is 17.1 Å². The molecule has 0 bridgehead atoms. The molecule has 1 rings (SSSR count). The van der Waals surface area contributed by atoms with Crippen molar-refractivity contribution in [2.24, 2.45) is 5.73 Å². The van der Waals surface area contributed by atoms with Crippen molar-refractivity contribution in [2.75, 3.05) is 20.7 Å². The molecule has 0 spiro atoms. The molecule has 4 heteroatoms. The van der Waals surface area contributed by atoms with E-state index < -0.39 is 0 Å². The SMILES string of the molecule is CCC(CC)(CN)N(C)Cc1cccc(OC)c1F. The minimum Gasteiger partial charge on any atom is -0.494 e. The van der Waals surface area contributed by atoms with Crippen LogP contribution in [-0.4, -0.2) is 31.1 Å². The highest BCUT2D eigenvalue weighted by Gasteiger charge is 2.29. The van der Waals surface area contributed by atoms with Gasteiger partial charge in [-0.1, -0.05) is 26.0 Å². The van der Waals surface area contributed by atoms with Crippen molar-refractivity contribution in [1.29, 1.82) is 0 Å². The van der Waals surface area contributed by atoms with Gasteiger partial charge in [0.15, 0.2) is 11.6 Å². The quantitative estimate of drug-likeness (QED) is 0.826. The third kappa shape index (κ3) is 3.25. The number of nitrogens with two attached hydrogens (primary N) is 1. The molecule has 0 aliphatic rings. The normalized spacial score (nSPS) is 11.9. The Bertz CT molecular complexity index is 397. The largest absolute Gasteiger partial charge is 0.494 e. The fraction of sp³-hybridized carbons (Fsp3) is 0.600. The zero-order valence-electron chi connectivity index (χ0n) is 12.4. The van der Waals surface area contributed by atoms with E-state index in [4.69, 9.17) is 10.5 Å². The Hall–Kier alpha value is -1.13. The van der Waals surface area contributed by atoms with Gasteiger partial charge in [-0.2, -0.15) is 0 Å². The molecular weight excluding hydrogens is 243 g/mol. The Morgan fingerprint density at radius 1 is 1.32 bits per heavy atom. The van der Waals surface area contributed by atoms with E-state index in [0.29, 0.717) is 18.7 Å². The molecule has 2 N–H and O–H groups in total. The number of likely N-dealkylation sites (N-methyl/N-ethyl adjacent to an activating group) is 1. The lowest BCUT2D eigenvalue weighted by atomic mass is 9.90. The van der Waals surface area contributed by atoms with Crippen molar-refractivity contribution in [3.63, 3.8) is 0 Å². The maximum Gasteiger partial charge on any atom is 0.169 e. The molecule has 108 valence electrons.